The average molecular weight is 217 g/mol. The first-order valence-electron chi connectivity index (χ1n) is 3.81. The summed E-state index contributed by atoms with van der Waals surface area (Å²) in [5.74, 6) is 0.249. The Bertz CT molecular complexity index is 226. The third-order valence-electron chi connectivity index (χ3n) is 2.00. The SMILES string of the molecule is CC1=C(Br)C(=O)CC(C)(C)C1. The van der Waals surface area contributed by atoms with Gasteiger partial charge in [0.25, 0.3) is 0 Å². The Morgan fingerprint density at radius 3 is 2.36 bits per heavy atom. The van der Waals surface area contributed by atoms with Crippen molar-refractivity contribution < 1.29 is 4.79 Å². The van der Waals surface area contributed by atoms with Crippen LogP contribution in [0, 0.1) is 5.41 Å². The molecular weight excluding hydrogens is 204 g/mol. The van der Waals surface area contributed by atoms with Crippen molar-refractivity contribution in [1.82, 2.24) is 0 Å². The highest BCUT2D eigenvalue weighted by molar-refractivity contribution is 9.12. The molecule has 1 rings (SSSR count). The predicted molar refractivity (Wildman–Crippen MR) is 49.6 cm³/mol. The molecule has 0 aromatic heterocycles. The smallest absolute Gasteiger partial charge is 0.170 e. The van der Waals surface area contributed by atoms with Gasteiger partial charge in [0.2, 0.25) is 0 Å². The summed E-state index contributed by atoms with van der Waals surface area (Å²) in [6, 6.07) is 0. The Morgan fingerprint density at radius 1 is 1.36 bits per heavy atom. The molecule has 2 heteroatoms. The van der Waals surface area contributed by atoms with Crippen molar-refractivity contribution in [1.29, 1.82) is 0 Å². The molecule has 11 heavy (non-hydrogen) atoms. The van der Waals surface area contributed by atoms with Crippen LogP contribution < -0.4 is 0 Å². The number of hydrogen-bond acceptors (Lipinski definition) is 1. The highest BCUT2D eigenvalue weighted by atomic mass is 79.9. The molecule has 0 aromatic carbocycles. The number of carbonyl (C=O) groups excluding carboxylic acids is 1. The first kappa shape index (κ1) is 8.98. The third kappa shape index (κ3) is 1.92. The number of hydrogen-bond donors (Lipinski definition) is 0. The van der Waals surface area contributed by atoms with Crippen LogP contribution in [0.1, 0.15) is 33.6 Å². The van der Waals surface area contributed by atoms with E-state index in [9.17, 15) is 4.79 Å². The second-order valence-electron chi connectivity index (χ2n) is 4.04. The first-order valence-corrected chi connectivity index (χ1v) is 4.60. The zero-order valence-electron chi connectivity index (χ0n) is 7.20. The minimum Gasteiger partial charge on any atom is -0.294 e. The summed E-state index contributed by atoms with van der Waals surface area (Å²) < 4.78 is 0.803. The fourth-order valence-electron chi connectivity index (χ4n) is 1.61. The van der Waals surface area contributed by atoms with E-state index in [2.05, 4.69) is 29.8 Å². The first-order chi connectivity index (χ1) is 4.92. The molecule has 0 amide bonds. The molecule has 0 N–H and O–H groups in total. The second kappa shape index (κ2) is 2.74. The minimum atomic E-state index is 0.165. The van der Waals surface area contributed by atoms with Gasteiger partial charge < -0.3 is 0 Å². The Labute approximate surface area is 76.0 Å². The molecule has 1 aliphatic rings. The molecule has 0 unspecified atom stereocenters. The van der Waals surface area contributed by atoms with Crippen LogP contribution in [0.3, 0.4) is 0 Å². The Hall–Kier alpha value is -0.110. The lowest BCUT2D eigenvalue weighted by molar-refractivity contribution is -0.117. The maximum atomic E-state index is 11.3. The van der Waals surface area contributed by atoms with Crippen molar-refractivity contribution in [2.45, 2.75) is 33.6 Å². The number of rotatable bonds is 0. The van der Waals surface area contributed by atoms with E-state index < -0.39 is 0 Å². The molecule has 0 spiro atoms. The highest BCUT2D eigenvalue weighted by Crippen LogP contribution is 2.38. The molecule has 0 heterocycles. The van der Waals surface area contributed by atoms with Gasteiger partial charge in [-0.05, 0) is 34.7 Å². The van der Waals surface area contributed by atoms with E-state index in [1.807, 2.05) is 6.92 Å². The summed E-state index contributed by atoms with van der Waals surface area (Å²) in [4.78, 5) is 11.3. The van der Waals surface area contributed by atoms with E-state index in [1.54, 1.807) is 0 Å². The van der Waals surface area contributed by atoms with E-state index in [-0.39, 0.29) is 11.2 Å². The van der Waals surface area contributed by atoms with Gasteiger partial charge in [0.1, 0.15) is 0 Å². The van der Waals surface area contributed by atoms with E-state index in [4.69, 9.17) is 0 Å². The third-order valence-corrected chi connectivity index (χ3v) is 3.12. The standard InChI is InChI=1S/C9H13BrO/c1-6-4-9(2,3)5-7(11)8(6)10/h4-5H2,1-3H3. The summed E-state index contributed by atoms with van der Waals surface area (Å²) in [6.45, 7) is 6.28. The van der Waals surface area contributed by atoms with Crippen LogP contribution in [-0.2, 0) is 4.79 Å². The molecule has 0 bridgehead atoms. The molecule has 0 fully saturated rings. The lowest BCUT2D eigenvalue weighted by Gasteiger charge is -2.29. The normalized spacial score (nSPS) is 24.2. The summed E-state index contributed by atoms with van der Waals surface area (Å²) in [7, 11) is 0. The Morgan fingerprint density at radius 2 is 1.91 bits per heavy atom. The van der Waals surface area contributed by atoms with E-state index in [0.717, 1.165) is 10.9 Å². The summed E-state index contributed by atoms with van der Waals surface area (Å²) in [5, 5.41) is 0. The Kier molecular flexibility index (Phi) is 2.24. The van der Waals surface area contributed by atoms with Crippen LogP contribution in [-0.4, -0.2) is 5.78 Å². The van der Waals surface area contributed by atoms with Gasteiger partial charge in [0.15, 0.2) is 5.78 Å². The fourth-order valence-corrected chi connectivity index (χ4v) is 1.89. The van der Waals surface area contributed by atoms with Crippen LogP contribution in [0.4, 0.5) is 0 Å². The van der Waals surface area contributed by atoms with Crippen LogP contribution >= 0.6 is 15.9 Å². The molecular formula is C9H13BrO. The number of allylic oxidation sites excluding steroid dienone is 2. The molecule has 0 saturated carbocycles. The van der Waals surface area contributed by atoms with Crippen molar-refractivity contribution in [3.05, 3.63) is 10.1 Å². The second-order valence-corrected chi connectivity index (χ2v) is 4.83. The van der Waals surface area contributed by atoms with Gasteiger partial charge in [-0.2, -0.15) is 0 Å². The van der Waals surface area contributed by atoms with Gasteiger partial charge in [-0.3, -0.25) is 4.79 Å². The molecule has 0 atom stereocenters. The average Bonchev–Trinajstić information content (AvgIpc) is 1.81. The lowest BCUT2D eigenvalue weighted by atomic mass is 9.77. The van der Waals surface area contributed by atoms with Gasteiger partial charge in [-0.25, -0.2) is 0 Å². The Balaban J connectivity index is 2.94. The molecule has 0 radical (unpaired) electrons. The maximum absolute atomic E-state index is 11.3. The highest BCUT2D eigenvalue weighted by Gasteiger charge is 2.29. The van der Waals surface area contributed by atoms with Crippen LogP contribution in [0.5, 0.6) is 0 Å². The fraction of sp³-hybridized carbons (Fsp3) is 0.667. The number of ketones is 1. The summed E-state index contributed by atoms with van der Waals surface area (Å²) in [5.41, 5.74) is 1.35. The number of carbonyl (C=O) groups is 1. The molecule has 1 nitrogen and oxygen atoms in total. The summed E-state index contributed by atoms with van der Waals surface area (Å²) >= 11 is 3.30. The lowest BCUT2D eigenvalue weighted by Crippen LogP contribution is -2.23. The van der Waals surface area contributed by atoms with Crippen LogP contribution in [0.25, 0.3) is 0 Å². The van der Waals surface area contributed by atoms with Gasteiger partial charge in [-0.1, -0.05) is 19.4 Å². The van der Waals surface area contributed by atoms with E-state index in [1.165, 1.54) is 5.57 Å². The maximum Gasteiger partial charge on any atom is 0.170 e. The number of halogens is 1. The molecule has 0 aromatic rings. The zero-order chi connectivity index (χ0) is 8.65. The largest absolute Gasteiger partial charge is 0.294 e. The van der Waals surface area contributed by atoms with Crippen LogP contribution in [0.15, 0.2) is 10.1 Å². The van der Waals surface area contributed by atoms with Crippen LogP contribution in [0.2, 0.25) is 0 Å². The minimum absolute atomic E-state index is 0.165. The van der Waals surface area contributed by atoms with Gasteiger partial charge in [0, 0.05) is 6.42 Å². The van der Waals surface area contributed by atoms with Crippen molar-refractivity contribution in [2.24, 2.45) is 5.41 Å². The molecule has 1 aliphatic carbocycles. The molecule has 62 valence electrons. The van der Waals surface area contributed by atoms with Crippen molar-refractivity contribution >= 4 is 21.7 Å². The van der Waals surface area contributed by atoms with Gasteiger partial charge >= 0.3 is 0 Å². The monoisotopic (exact) mass is 216 g/mol. The van der Waals surface area contributed by atoms with Gasteiger partial charge in [0.05, 0.1) is 4.48 Å². The van der Waals surface area contributed by atoms with E-state index >= 15 is 0 Å². The van der Waals surface area contributed by atoms with Crippen molar-refractivity contribution in [3.8, 4) is 0 Å². The molecule has 0 saturated heterocycles. The quantitative estimate of drug-likeness (QED) is 0.609. The van der Waals surface area contributed by atoms with Gasteiger partial charge in [-0.15, -0.1) is 0 Å². The van der Waals surface area contributed by atoms with Crippen molar-refractivity contribution in [2.75, 3.05) is 0 Å². The van der Waals surface area contributed by atoms with E-state index in [0.29, 0.717) is 6.42 Å². The topological polar surface area (TPSA) is 17.1 Å². The number of Topliss-reactive ketones (excluding diaryl/α,β-unsaturated/α-hetero) is 1. The van der Waals surface area contributed by atoms with Crippen molar-refractivity contribution in [3.63, 3.8) is 0 Å². The predicted octanol–water partition coefficient (Wildman–Crippen LogP) is 3.04. The zero-order valence-corrected chi connectivity index (χ0v) is 8.79. The molecule has 0 aliphatic heterocycles. The summed E-state index contributed by atoms with van der Waals surface area (Å²) in [6.07, 6.45) is 1.70.